The molecule has 2 fully saturated rings. The highest BCUT2D eigenvalue weighted by molar-refractivity contribution is 5.80. The van der Waals surface area contributed by atoms with Gasteiger partial charge in [-0.1, -0.05) is 26.0 Å². The van der Waals surface area contributed by atoms with Crippen LogP contribution in [-0.2, 0) is 11.3 Å². The summed E-state index contributed by atoms with van der Waals surface area (Å²) in [6.45, 7) is 6.14. The fourth-order valence-corrected chi connectivity index (χ4v) is 3.93. The average Bonchev–Trinajstić information content (AvgIpc) is 2.85. The normalized spacial score (nSPS) is 29.0. The van der Waals surface area contributed by atoms with Crippen LogP contribution in [0.15, 0.2) is 24.3 Å². The number of benzene rings is 1. The smallest absolute Gasteiger partial charge is 0.269 e. The van der Waals surface area contributed by atoms with Gasteiger partial charge in [-0.25, -0.2) is 0 Å². The zero-order valence-corrected chi connectivity index (χ0v) is 13.1. The molecule has 0 spiro atoms. The van der Waals surface area contributed by atoms with E-state index in [4.69, 9.17) is 10.1 Å². The van der Waals surface area contributed by atoms with Gasteiger partial charge < -0.3 is 4.74 Å². The lowest BCUT2D eigenvalue weighted by Gasteiger charge is -2.30. The Bertz CT molecular complexity index is 612. The van der Waals surface area contributed by atoms with Crippen molar-refractivity contribution in [2.24, 2.45) is 17.3 Å². The Morgan fingerprint density at radius 2 is 2.09 bits per heavy atom. The lowest BCUT2D eigenvalue weighted by molar-refractivity contribution is -0.384. The molecule has 2 aliphatic rings. The summed E-state index contributed by atoms with van der Waals surface area (Å²) in [5.74, 6) is 1.39. The molecule has 3 atom stereocenters. The van der Waals surface area contributed by atoms with Crippen LogP contribution in [0.5, 0.6) is 0 Å². The molecule has 1 aromatic carbocycles. The molecule has 3 rings (SSSR count). The van der Waals surface area contributed by atoms with Crippen LogP contribution < -0.4 is 0 Å². The average molecular weight is 303 g/mol. The number of methoxy groups -OCH3 is 1. The molecule has 22 heavy (non-hydrogen) atoms. The molecule has 3 unspecified atom stereocenters. The lowest BCUT2D eigenvalue weighted by atomic mass is 10.0. The van der Waals surface area contributed by atoms with E-state index in [-0.39, 0.29) is 22.1 Å². The van der Waals surface area contributed by atoms with Crippen molar-refractivity contribution in [3.05, 3.63) is 39.9 Å². The van der Waals surface area contributed by atoms with E-state index in [0.717, 1.165) is 12.1 Å². The van der Waals surface area contributed by atoms with Gasteiger partial charge in [0.15, 0.2) is 5.90 Å². The van der Waals surface area contributed by atoms with Gasteiger partial charge in [-0.05, 0) is 22.8 Å². The molecule has 0 bridgehead atoms. The van der Waals surface area contributed by atoms with Crippen molar-refractivity contribution in [2.75, 3.05) is 13.7 Å². The molecule has 1 aliphatic carbocycles. The molecule has 1 aliphatic heterocycles. The molecule has 6 heteroatoms. The van der Waals surface area contributed by atoms with E-state index in [1.54, 1.807) is 19.2 Å². The fourth-order valence-electron chi connectivity index (χ4n) is 3.93. The van der Waals surface area contributed by atoms with Crippen molar-refractivity contribution in [3.63, 3.8) is 0 Å². The lowest BCUT2D eigenvalue weighted by Crippen LogP contribution is -2.41. The summed E-state index contributed by atoms with van der Waals surface area (Å²) < 4.78 is 5.20. The Kier molecular flexibility index (Phi) is 3.44. The van der Waals surface area contributed by atoms with Crippen molar-refractivity contribution in [1.29, 1.82) is 5.41 Å². The number of rotatable bonds is 4. The van der Waals surface area contributed by atoms with Gasteiger partial charge in [0.25, 0.3) is 5.69 Å². The Labute approximate surface area is 129 Å². The van der Waals surface area contributed by atoms with Crippen molar-refractivity contribution >= 4 is 11.6 Å². The highest BCUT2D eigenvalue weighted by Gasteiger charge is 2.67. The number of ether oxygens (including phenoxy) is 1. The van der Waals surface area contributed by atoms with Crippen LogP contribution in [0, 0.1) is 32.8 Å². The number of hydrogen-bond acceptors (Lipinski definition) is 5. The van der Waals surface area contributed by atoms with E-state index in [0.29, 0.717) is 24.3 Å². The second kappa shape index (κ2) is 5.05. The molecule has 1 heterocycles. The number of likely N-dealkylation sites (tertiary alicyclic amines) is 1. The van der Waals surface area contributed by atoms with Gasteiger partial charge >= 0.3 is 0 Å². The van der Waals surface area contributed by atoms with Gasteiger partial charge in [-0.3, -0.25) is 20.4 Å². The maximum atomic E-state index is 10.7. The van der Waals surface area contributed by atoms with E-state index in [2.05, 4.69) is 18.7 Å². The van der Waals surface area contributed by atoms with E-state index < -0.39 is 0 Å². The minimum absolute atomic E-state index is 0.0141. The third kappa shape index (κ3) is 2.27. The van der Waals surface area contributed by atoms with Crippen molar-refractivity contribution in [3.8, 4) is 0 Å². The Morgan fingerprint density at radius 1 is 1.45 bits per heavy atom. The van der Waals surface area contributed by atoms with E-state index >= 15 is 0 Å². The first-order chi connectivity index (χ1) is 10.4. The van der Waals surface area contributed by atoms with Gasteiger partial charge in [0.2, 0.25) is 0 Å². The molecule has 1 N–H and O–H groups in total. The molecule has 1 saturated carbocycles. The summed E-state index contributed by atoms with van der Waals surface area (Å²) in [6, 6.07) is 6.67. The van der Waals surface area contributed by atoms with Crippen LogP contribution in [0.4, 0.5) is 5.69 Å². The zero-order valence-electron chi connectivity index (χ0n) is 13.1. The molecule has 1 aromatic rings. The van der Waals surface area contributed by atoms with Crippen LogP contribution >= 0.6 is 0 Å². The van der Waals surface area contributed by atoms with Gasteiger partial charge in [-0.15, -0.1) is 0 Å². The van der Waals surface area contributed by atoms with Gasteiger partial charge in [0.05, 0.1) is 18.1 Å². The molecule has 0 aromatic heterocycles. The van der Waals surface area contributed by atoms with Crippen LogP contribution in [0.2, 0.25) is 0 Å². The Balaban J connectivity index is 1.75. The maximum absolute atomic E-state index is 10.7. The molecular weight excluding hydrogens is 282 g/mol. The molecular formula is C16H21N3O3. The molecule has 0 radical (unpaired) electrons. The number of hydrogen-bond donors (Lipinski definition) is 1. The predicted octanol–water partition coefficient (Wildman–Crippen LogP) is 2.67. The summed E-state index contributed by atoms with van der Waals surface area (Å²) in [7, 11) is 1.55. The van der Waals surface area contributed by atoms with Crippen molar-refractivity contribution in [1.82, 2.24) is 4.90 Å². The number of nitrogens with one attached hydrogen (secondary N) is 1. The second-order valence-electron chi connectivity index (χ2n) is 6.82. The van der Waals surface area contributed by atoms with Crippen molar-refractivity contribution < 1.29 is 9.66 Å². The third-order valence-corrected chi connectivity index (χ3v) is 5.33. The highest BCUT2D eigenvalue weighted by atomic mass is 16.6. The van der Waals surface area contributed by atoms with Crippen LogP contribution in [0.25, 0.3) is 0 Å². The summed E-state index contributed by atoms with van der Waals surface area (Å²) in [4.78, 5) is 12.6. The number of non-ortho nitro benzene ring substituents is 1. The second-order valence-corrected chi connectivity index (χ2v) is 6.82. The number of nitro benzene ring substituents is 1. The summed E-state index contributed by atoms with van der Waals surface area (Å²) >= 11 is 0. The van der Waals surface area contributed by atoms with Gasteiger partial charge in [0.1, 0.15) is 0 Å². The van der Waals surface area contributed by atoms with Crippen LogP contribution in [0.3, 0.4) is 0 Å². The molecule has 0 amide bonds. The highest BCUT2D eigenvalue weighted by Crippen LogP contribution is 2.65. The van der Waals surface area contributed by atoms with E-state index in [1.165, 1.54) is 12.1 Å². The van der Waals surface area contributed by atoms with Crippen LogP contribution in [0.1, 0.15) is 19.4 Å². The quantitative estimate of drug-likeness (QED) is 0.401. The molecule has 6 nitrogen and oxygen atoms in total. The number of fused-ring (bicyclic) bond motifs is 1. The first kappa shape index (κ1) is 15.0. The summed E-state index contributed by atoms with van der Waals surface area (Å²) in [6.07, 6.45) is 0. The monoisotopic (exact) mass is 303 g/mol. The first-order valence-electron chi connectivity index (χ1n) is 7.46. The largest absolute Gasteiger partial charge is 0.483 e. The van der Waals surface area contributed by atoms with E-state index in [1.807, 2.05) is 0 Å². The van der Waals surface area contributed by atoms with Crippen LogP contribution in [-0.4, -0.2) is 35.4 Å². The third-order valence-electron chi connectivity index (χ3n) is 5.33. The zero-order chi connectivity index (χ0) is 16.1. The SMILES string of the molecule is COC(=N)C1C2C(CN1Cc1ccc([N+](=O)[O-])cc1)C2(C)C. The molecule has 118 valence electrons. The molecule has 1 saturated heterocycles. The predicted molar refractivity (Wildman–Crippen MR) is 82.8 cm³/mol. The number of nitro groups is 1. The maximum Gasteiger partial charge on any atom is 0.269 e. The summed E-state index contributed by atoms with van der Waals surface area (Å²) in [5.41, 5.74) is 1.41. The number of piperidine rings is 1. The Morgan fingerprint density at radius 3 is 2.64 bits per heavy atom. The van der Waals surface area contributed by atoms with Gasteiger partial charge in [-0.2, -0.15) is 0 Å². The first-order valence-corrected chi connectivity index (χ1v) is 7.46. The van der Waals surface area contributed by atoms with Crippen molar-refractivity contribution in [2.45, 2.75) is 26.4 Å². The minimum Gasteiger partial charge on any atom is -0.483 e. The fraction of sp³-hybridized carbons (Fsp3) is 0.562. The van der Waals surface area contributed by atoms with Gasteiger partial charge in [0, 0.05) is 25.2 Å². The topological polar surface area (TPSA) is 79.5 Å². The standard InChI is InChI=1S/C16H21N3O3/c1-16(2)12-9-18(14(13(12)16)15(17)22-3)8-10-4-6-11(7-5-10)19(20)21/h4-7,12-14,17H,8-9H2,1-3H3. The minimum atomic E-state index is -0.388. The number of nitrogens with zero attached hydrogens (tertiary/aromatic N) is 2. The Hall–Kier alpha value is -1.95. The van der Waals surface area contributed by atoms with E-state index in [9.17, 15) is 10.1 Å². The summed E-state index contributed by atoms with van der Waals surface area (Å²) in [5, 5.41) is 18.8.